The number of carbonyl (C=O) groups is 2. The first-order chi connectivity index (χ1) is 6.57. The van der Waals surface area contributed by atoms with Crippen LogP contribution in [0, 0.1) is 5.21 Å². The van der Waals surface area contributed by atoms with Crippen LogP contribution in [0.2, 0.25) is 0 Å². The molecule has 0 saturated heterocycles. The number of hydrogen-bond acceptors (Lipinski definition) is 6. The summed E-state index contributed by atoms with van der Waals surface area (Å²) in [5, 5.41) is 22.2. The summed E-state index contributed by atoms with van der Waals surface area (Å²) in [6.45, 7) is 1.53. The topological polar surface area (TPSA) is 117 Å². The molecule has 14 heavy (non-hydrogen) atoms. The molecule has 0 unspecified atom stereocenters. The van der Waals surface area contributed by atoms with Gasteiger partial charge >= 0.3 is 23.3 Å². The van der Waals surface area contributed by atoms with Gasteiger partial charge in [0.15, 0.2) is 0 Å². The predicted octanol–water partition coefficient (Wildman–Crippen LogP) is -0.817. The largest absolute Gasteiger partial charge is 0.475 e. The number of nitrogens with zero attached hydrogens (tertiary/aromatic N) is 2. The Labute approximate surface area is 77.2 Å². The molecule has 0 aliphatic rings. The molecule has 1 aromatic heterocycles. The van der Waals surface area contributed by atoms with Crippen molar-refractivity contribution in [1.82, 2.24) is 5.16 Å². The van der Waals surface area contributed by atoms with Gasteiger partial charge in [-0.1, -0.05) is 0 Å². The van der Waals surface area contributed by atoms with E-state index in [-0.39, 0.29) is 11.5 Å². The Morgan fingerprint density at radius 3 is 2.86 bits per heavy atom. The molecule has 0 fully saturated rings. The maximum absolute atomic E-state index is 11.0. The van der Waals surface area contributed by atoms with Crippen LogP contribution in [-0.4, -0.2) is 28.8 Å². The standard InChI is InChI=1S/C6H6N2O6/c1-2-13-6(11)4-3(5(9)10)7-14-8(4)12/h2H2,1H3,(H,9,10). The smallest absolute Gasteiger partial charge is 0.387 e. The number of rotatable bonds is 3. The average molecular weight is 202 g/mol. The number of ether oxygens (including phenoxy) is 1. The van der Waals surface area contributed by atoms with E-state index in [0.717, 1.165) is 0 Å². The van der Waals surface area contributed by atoms with E-state index >= 15 is 0 Å². The van der Waals surface area contributed by atoms with Crippen molar-refractivity contribution in [2.45, 2.75) is 6.92 Å². The fourth-order valence-electron chi connectivity index (χ4n) is 0.759. The highest BCUT2D eigenvalue weighted by Crippen LogP contribution is 2.02. The lowest BCUT2D eigenvalue weighted by molar-refractivity contribution is -0.804. The quantitative estimate of drug-likeness (QED) is 0.502. The average Bonchev–Trinajstić information content (AvgIpc) is 2.47. The Morgan fingerprint density at radius 1 is 1.71 bits per heavy atom. The zero-order chi connectivity index (χ0) is 10.7. The second-order valence-corrected chi connectivity index (χ2v) is 2.15. The molecule has 0 aromatic carbocycles. The van der Waals surface area contributed by atoms with Crippen LogP contribution in [0.15, 0.2) is 4.63 Å². The summed E-state index contributed by atoms with van der Waals surface area (Å²) in [6.07, 6.45) is 0. The SMILES string of the molecule is CCOC(=O)c1c(C(=O)O)no[n+]1[O-]. The van der Waals surface area contributed by atoms with Gasteiger partial charge in [0.25, 0.3) is 0 Å². The van der Waals surface area contributed by atoms with E-state index in [9.17, 15) is 14.8 Å². The van der Waals surface area contributed by atoms with Crippen LogP contribution in [0.25, 0.3) is 0 Å². The summed E-state index contributed by atoms with van der Waals surface area (Å²) in [4.78, 5) is 21.2. The first kappa shape index (κ1) is 9.96. The molecule has 8 nitrogen and oxygen atoms in total. The Morgan fingerprint density at radius 2 is 2.36 bits per heavy atom. The third-order valence-corrected chi connectivity index (χ3v) is 1.28. The number of carboxylic acids is 1. The molecule has 1 aromatic rings. The first-order valence-electron chi connectivity index (χ1n) is 3.58. The minimum Gasteiger partial charge on any atom is -0.475 e. The summed E-state index contributed by atoms with van der Waals surface area (Å²) in [5.41, 5.74) is -1.53. The molecule has 0 bridgehead atoms. The highest BCUT2D eigenvalue weighted by atomic mass is 16.8. The van der Waals surface area contributed by atoms with Gasteiger partial charge in [0.1, 0.15) is 0 Å². The monoisotopic (exact) mass is 202 g/mol. The lowest BCUT2D eigenvalue weighted by atomic mass is 10.3. The van der Waals surface area contributed by atoms with E-state index in [4.69, 9.17) is 5.11 Å². The molecule has 0 aliphatic carbocycles. The second kappa shape index (κ2) is 3.73. The molecule has 1 N–H and O–H groups in total. The fraction of sp³-hybridized carbons (Fsp3) is 0.333. The summed E-state index contributed by atoms with van der Waals surface area (Å²) in [7, 11) is 0. The van der Waals surface area contributed by atoms with E-state index in [1.807, 2.05) is 0 Å². The number of hydrogen-bond donors (Lipinski definition) is 1. The van der Waals surface area contributed by atoms with Crippen LogP contribution in [-0.2, 0) is 4.74 Å². The third kappa shape index (κ3) is 1.63. The number of aromatic nitrogens is 2. The van der Waals surface area contributed by atoms with Gasteiger partial charge < -0.3 is 15.1 Å². The van der Waals surface area contributed by atoms with Crippen molar-refractivity contribution in [2.75, 3.05) is 6.61 Å². The van der Waals surface area contributed by atoms with E-state index in [1.54, 1.807) is 0 Å². The zero-order valence-electron chi connectivity index (χ0n) is 7.09. The highest BCUT2D eigenvalue weighted by Gasteiger charge is 2.32. The van der Waals surface area contributed by atoms with Gasteiger partial charge in [-0.05, 0) is 11.8 Å². The fourth-order valence-corrected chi connectivity index (χ4v) is 0.759. The maximum Gasteiger partial charge on any atom is 0.387 e. The van der Waals surface area contributed by atoms with E-state index in [2.05, 4.69) is 14.5 Å². The Kier molecular flexibility index (Phi) is 2.65. The van der Waals surface area contributed by atoms with Gasteiger partial charge in [-0.25, -0.2) is 9.59 Å². The lowest BCUT2D eigenvalue weighted by Gasteiger charge is -1.96. The van der Waals surface area contributed by atoms with Crippen LogP contribution in [0.4, 0.5) is 0 Å². The summed E-state index contributed by atoms with van der Waals surface area (Å²) < 4.78 is 8.39. The molecular formula is C6H6N2O6. The molecule has 0 radical (unpaired) electrons. The molecule has 1 heterocycles. The maximum atomic E-state index is 11.0. The van der Waals surface area contributed by atoms with Crippen LogP contribution < -0.4 is 4.90 Å². The van der Waals surface area contributed by atoms with Gasteiger partial charge in [-0.15, -0.1) is 0 Å². The molecule has 8 heteroatoms. The van der Waals surface area contributed by atoms with Crippen LogP contribution in [0.3, 0.4) is 0 Å². The van der Waals surface area contributed by atoms with Crippen molar-refractivity contribution < 1.29 is 29.0 Å². The van der Waals surface area contributed by atoms with Crippen LogP contribution in [0.1, 0.15) is 27.9 Å². The number of carboxylic acid groups (broad SMARTS) is 1. The van der Waals surface area contributed by atoms with Crippen LogP contribution in [0.5, 0.6) is 0 Å². The summed E-state index contributed by atoms with van der Waals surface area (Å²) in [6, 6.07) is 0. The summed E-state index contributed by atoms with van der Waals surface area (Å²) >= 11 is 0. The molecule has 1 rings (SSSR count). The van der Waals surface area contributed by atoms with Gasteiger partial charge in [-0.2, -0.15) is 0 Å². The highest BCUT2D eigenvalue weighted by molar-refractivity contribution is 5.98. The normalized spacial score (nSPS) is 9.79. The third-order valence-electron chi connectivity index (χ3n) is 1.28. The van der Waals surface area contributed by atoms with Crippen molar-refractivity contribution in [3.8, 4) is 0 Å². The summed E-state index contributed by atoms with van der Waals surface area (Å²) in [5.74, 6) is -2.62. The number of carbonyl (C=O) groups excluding carboxylic acids is 1. The zero-order valence-corrected chi connectivity index (χ0v) is 7.09. The Hall–Kier alpha value is -2.12. The van der Waals surface area contributed by atoms with Gasteiger partial charge in [0, 0.05) is 0 Å². The van der Waals surface area contributed by atoms with E-state index in [0.29, 0.717) is 0 Å². The number of aromatic carboxylic acids is 1. The van der Waals surface area contributed by atoms with Crippen molar-refractivity contribution >= 4 is 11.9 Å². The van der Waals surface area contributed by atoms with Crippen LogP contribution >= 0.6 is 0 Å². The second-order valence-electron chi connectivity index (χ2n) is 2.15. The van der Waals surface area contributed by atoms with Gasteiger partial charge in [-0.3, -0.25) is 4.63 Å². The van der Waals surface area contributed by atoms with Crippen molar-refractivity contribution in [3.05, 3.63) is 16.6 Å². The predicted molar refractivity (Wildman–Crippen MR) is 38.4 cm³/mol. The number of esters is 1. The van der Waals surface area contributed by atoms with E-state index < -0.39 is 23.3 Å². The molecule has 0 aliphatic heterocycles. The van der Waals surface area contributed by atoms with Gasteiger partial charge in [0.2, 0.25) is 0 Å². The Bertz CT molecular complexity index is 370. The Balaban J connectivity index is 3.11. The molecule has 76 valence electrons. The van der Waals surface area contributed by atoms with E-state index in [1.165, 1.54) is 6.92 Å². The molecule has 0 atom stereocenters. The molecule has 0 saturated carbocycles. The molecule has 0 amide bonds. The minimum atomic E-state index is -1.54. The minimum absolute atomic E-state index is 0.0169. The lowest BCUT2D eigenvalue weighted by Crippen LogP contribution is -2.33. The first-order valence-corrected chi connectivity index (χ1v) is 3.58. The van der Waals surface area contributed by atoms with Crippen molar-refractivity contribution in [1.29, 1.82) is 0 Å². The van der Waals surface area contributed by atoms with Crippen molar-refractivity contribution in [3.63, 3.8) is 0 Å². The van der Waals surface area contributed by atoms with Crippen molar-refractivity contribution in [2.24, 2.45) is 0 Å². The van der Waals surface area contributed by atoms with Gasteiger partial charge in [0.05, 0.1) is 11.8 Å². The molecule has 0 spiro atoms. The molecular weight excluding hydrogens is 196 g/mol.